The molecule has 5 heteroatoms. The smallest absolute Gasteiger partial charge is 0.306 e. The van der Waals surface area contributed by atoms with Crippen molar-refractivity contribution in [3.8, 4) is 0 Å². The molecule has 0 aliphatic carbocycles. The number of carbonyl (C=O) groups excluding carboxylic acids is 1. The quantitative estimate of drug-likeness (QED) is 0.673. The zero-order valence-electron chi connectivity index (χ0n) is 10.8. The van der Waals surface area contributed by atoms with Gasteiger partial charge in [0.15, 0.2) is 0 Å². The van der Waals surface area contributed by atoms with Gasteiger partial charge in [0.05, 0.1) is 25.6 Å². The first-order valence-electron chi connectivity index (χ1n) is 5.91. The van der Waals surface area contributed by atoms with E-state index in [9.17, 15) is 4.79 Å². The first kappa shape index (κ1) is 13.7. The van der Waals surface area contributed by atoms with Gasteiger partial charge in [-0.25, -0.2) is 4.98 Å². The molecule has 0 aliphatic heterocycles. The summed E-state index contributed by atoms with van der Waals surface area (Å²) in [5.74, 6) is -0.168. The first-order chi connectivity index (χ1) is 8.17. The molecule has 0 spiro atoms. The van der Waals surface area contributed by atoms with Crippen LogP contribution in [0, 0.1) is 0 Å². The van der Waals surface area contributed by atoms with E-state index in [2.05, 4.69) is 26.1 Å². The molecule has 0 saturated carbocycles. The molecule has 96 valence electrons. The third-order valence-electron chi connectivity index (χ3n) is 2.62. The van der Waals surface area contributed by atoms with Gasteiger partial charge >= 0.3 is 5.97 Å². The Kier molecular flexibility index (Phi) is 5.69. The molecule has 0 fully saturated rings. The lowest BCUT2D eigenvalue weighted by molar-refractivity contribution is -0.140. The van der Waals surface area contributed by atoms with Crippen LogP contribution in [0.3, 0.4) is 0 Å². The van der Waals surface area contributed by atoms with E-state index in [4.69, 9.17) is 0 Å². The van der Waals surface area contributed by atoms with E-state index in [1.165, 1.54) is 12.8 Å². The Morgan fingerprint density at radius 2 is 2.35 bits per heavy atom. The molecule has 0 aliphatic rings. The number of imidazole rings is 1. The van der Waals surface area contributed by atoms with E-state index in [1.54, 1.807) is 0 Å². The van der Waals surface area contributed by atoms with Crippen molar-refractivity contribution in [1.82, 2.24) is 14.5 Å². The molecule has 5 nitrogen and oxygen atoms in total. The van der Waals surface area contributed by atoms with Gasteiger partial charge in [-0.05, 0) is 13.5 Å². The van der Waals surface area contributed by atoms with Gasteiger partial charge in [-0.3, -0.25) is 9.69 Å². The minimum absolute atomic E-state index is 0.168. The second kappa shape index (κ2) is 7.06. The van der Waals surface area contributed by atoms with Crippen LogP contribution in [0.4, 0.5) is 0 Å². The van der Waals surface area contributed by atoms with E-state index < -0.39 is 0 Å². The number of carbonyl (C=O) groups is 1. The number of esters is 1. The summed E-state index contributed by atoms with van der Waals surface area (Å²) >= 11 is 0. The second-order valence-electron chi connectivity index (χ2n) is 4.14. The predicted octanol–water partition coefficient (Wildman–Crippen LogP) is 1.29. The van der Waals surface area contributed by atoms with Crippen LogP contribution >= 0.6 is 0 Å². The number of hydrogen-bond acceptors (Lipinski definition) is 4. The van der Waals surface area contributed by atoms with E-state index >= 15 is 0 Å². The fourth-order valence-electron chi connectivity index (χ4n) is 1.66. The Hall–Kier alpha value is -1.36. The zero-order valence-corrected chi connectivity index (χ0v) is 10.8. The Bertz CT molecular complexity index is 349. The summed E-state index contributed by atoms with van der Waals surface area (Å²) in [5, 5.41) is 0. The largest absolute Gasteiger partial charge is 0.469 e. The summed E-state index contributed by atoms with van der Waals surface area (Å²) < 4.78 is 6.76. The van der Waals surface area contributed by atoms with Gasteiger partial charge in [0.1, 0.15) is 0 Å². The highest BCUT2D eigenvalue weighted by Gasteiger charge is 2.07. The van der Waals surface area contributed by atoms with Crippen LogP contribution in [0.25, 0.3) is 0 Å². The summed E-state index contributed by atoms with van der Waals surface area (Å²) in [5.41, 5.74) is 1.18. The highest BCUT2D eigenvalue weighted by molar-refractivity contribution is 5.69. The van der Waals surface area contributed by atoms with Crippen LogP contribution in [0.5, 0.6) is 0 Å². The SMILES string of the molecule is CCCn1cncc1CN(C)CCC(=O)OC. The molecule has 1 aromatic rings. The van der Waals surface area contributed by atoms with Gasteiger partial charge in [0.25, 0.3) is 0 Å². The highest BCUT2D eigenvalue weighted by atomic mass is 16.5. The molecule has 0 saturated heterocycles. The molecular formula is C12H21N3O2. The van der Waals surface area contributed by atoms with Crippen molar-refractivity contribution in [1.29, 1.82) is 0 Å². The molecule has 0 unspecified atom stereocenters. The fourth-order valence-corrected chi connectivity index (χ4v) is 1.66. The Morgan fingerprint density at radius 3 is 3.00 bits per heavy atom. The van der Waals surface area contributed by atoms with E-state index in [-0.39, 0.29) is 5.97 Å². The van der Waals surface area contributed by atoms with Gasteiger partial charge in [0.2, 0.25) is 0 Å². The number of nitrogens with zero attached hydrogens (tertiary/aromatic N) is 3. The molecule has 0 aromatic carbocycles. The molecule has 1 aromatic heterocycles. The van der Waals surface area contributed by atoms with Crippen molar-refractivity contribution in [3.05, 3.63) is 18.2 Å². The number of aryl methyl sites for hydroxylation is 1. The Balaban J connectivity index is 2.41. The van der Waals surface area contributed by atoms with E-state index in [0.717, 1.165) is 19.5 Å². The lowest BCUT2D eigenvalue weighted by Crippen LogP contribution is -2.23. The normalized spacial score (nSPS) is 10.8. The number of hydrogen-bond donors (Lipinski definition) is 0. The molecule has 1 heterocycles. The maximum absolute atomic E-state index is 11.0. The van der Waals surface area contributed by atoms with Crippen LogP contribution < -0.4 is 0 Å². The monoisotopic (exact) mass is 239 g/mol. The van der Waals surface area contributed by atoms with E-state index in [1.807, 2.05) is 19.6 Å². The van der Waals surface area contributed by atoms with Gasteiger partial charge in [-0.2, -0.15) is 0 Å². The summed E-state index contributed by atoms with van der Waals surface area (Å²) in [6.45, 7) is 4.63. The van der Waals surface area contributed by atoms with Crippen LogP contribution in [0.15, 0.2) is 12.5 Å². The molecule has 1 rings (SSSR count). The maximum Gasteiger partial charge on any atom is 0.306 e. The third kappa shape index (κ3) is 4.56. The summed E-state index contributed by atoms with van der Waals surface area (Å²) in [7, 11) is 3.41. The maximum atomic E-state index is 11.0. The van der Waals surface area contributed by atoms with E-state index in [0.29, 0.717) is 13.0 Å². The zero-order chi connectivity index (χ0) is 12.7. The second-order valence-corrected chi connectivity index (χ2v) is 4.14. The van der Waals surface area contributed by atoms with Crippen LogP contribution in [0.2, 0.25) is 0 Å². The standard InChI is InChI=1S/C12H21N3O2/c1-4-6-15-10-13-8-11(15)9-14(2)7-5-12(16)17-3/h8,10H,4-7,9H2,1-3H3. The molecular weight excluding hydrogens is 218 g/mol. The van der Waals surface area contributed by atoms with Crippen LogP contribution in [-0.4, -0.2) is 41.1 Å². The average molecular weight is 239 g/mol. The van der Waals surface area contributed by atoms with Crippen LogP contribution in [-0.2, 0) is 22.6 Å². The highest BCUT2D eigenvalue weighted by Crippen LogP contribution is 2.05. The lowest BCUT2D eigenvalue weighted by Gasteiger charge is -2.16. The number of rotatable bonds is 7. The van der Waals surface area contributed by atoms with Gasteiger partial charge in [-0.15, -0.1) is 0 Å². The van der Waals surface area contributed by atoms with Gasteiger partial charge < -0.3 is 9.30 Å². The molecule has 0 N–H and O–H groups in total. The minimum atomic E-state index is -0.168. The summed E-state index contributed by atoms with van der Waals surface area (Å²) in [6, 6.07) is 0. The number of aromatic nitrogens is 2. The molecule has 0 atom stereocenters. The fraction of sp³-hybridized carbons (Fsp3) is 0.667. The molecule has 17 heavy (non-hydrogen) atoms. The average Bonchev–Trinajstić information content (AvgIpc) is 2.74. The predicted molar refractivity (Wildman–Crippen MR) is 65.5 cm³/mol. The number of ether oxygens (including phenoxy) is 1. The van der Waals surface area contributed by atoms with Crippen molar-refractivity contribution in [2.24, 2.45) is 0 Å². The minimum Gasteiger partial charge on any atom is -0.469 e. The van der Waals surface area contributed by atoms with Crippen molar-refractivity contribution in [2.75, 3.05) is 20.7 Å². The van der Waals surface area contributed by atoms with Crippen molar-refractivity contribution >= 4 is 5.97 Å². The van der Waals surface area contributed by atoms with Crippen LogP contribution in [0.1, 0.15) is 25.5 Å². The number of methoxy groups -OCH3 is 1. The van der Waals surface area contributed by atoms with Crippen molar-refractivity contribution in [3.63, 3.8) is 0 Å². The molecule has 0 amide bonds. The van der Waals surface area contributed by atoms with Gasteiger partial charge in [-0.1, -0.05) is 6.92 Å². The Morgan fingerprint density at radius 1 is 1.59 bits per heavy atom. The molecule has 0 radical (unpaired) electrons. The third-order valence-corrected chi connectivity index (χ3v) is 2.62. The van der Waals surface area contributed by atoms with Crippen molar-refractivity contribution in [2.45, 2.75) is 32.9 Å². The van der Waals surface area contributed by atoms with Crippen molar-refractivity contribution < 1.29 is 9.53 Å². The molecule has 0 bridgehead atoms. The summed E-state index contributed by atoms with van der Waals surface area (Å²) in [6.07, 6.45) is 5.25. The topological polar surface area (TPSA) is 47.4 Å². The first-order valence-corrected chi connectivity index (χ1v) is 5.91. The lowest BCUT2D eigenvalue weighted by atomic mass is 10.3. The Labute approximate surface area is 102 Å². The summed E-state index contributed by atoms with van der Waals surface area (Å²) in [4.78, 5) is 17.3. The van der Waals surface area contributed by atoms with Gasteiger partial charge in [0, 0.05) is 25.8 Å².